The topological polar surface area (TPSA) is 83.5 Å². The van der Waals surface area contributed by atoms with E-state index in [2.05, 4.69) is 4.72 Å². The molecule has 0 unspecified atom stereocenters. The summed E-state index contributed by atoms with van der Waals surface area (Å²) in [5.41, 5.74) is 1.77. The molecule has 24 heavy (non-hydrogen) atoms. The van der Waals surface area contributed by atoms with E-state index in [-0.39, 0.29) is 16.3 Å². The van der Waals surface area contributed by atoms with E-state index in [4.69, 9.17) is 16.7 Å². The minimum Gasteiger partial charge on any atom is -0.481 e. The third kappa shape index (κ3) is 5.33. The van der Waals surface area contributed by atoms with Crippen LogP contribution in [-0.2, 0) is 27.7 Å². The highest BCUT2D eigenvalue weighted by molar-refractivity contribution is 7.89. The minimum absolute atomic E-state index is 0.00207. The number of carbonyl (C=O) groups is 1. The Morgan fingerprint density at radius 3 is 2.29 bits per heavy atom. The van der Waals surface area contributed by atoms with Gasteiger partial charge in [0.15, 0.2) is 0 Å². The highest BCUT2D eigenvalue weighted by Crippen LogP contribution is 2.20. The number of aliphatic carboxylic acids is 1. The van der Waals surface area contributed by atoms with E-state index >= 15 is 0 Å². The van der Waals surface area contributed by atoms with Gasteiger partial charge in [0.2, 0.25) is 10.0 Å². The molecule has 2 aromatic rings. The Kier molecular flexibility index (Phi) is 6.36. The standard InChI is InChI=1S/C17H18ClNO4S/c18-15-5-1-2-6-16(15)24(22,23)19-11-3-4-13-7-9-14(10-8-13)12-17(20)21/h1-2,5-10,19H,3-4,11-12H2,(H,20,21). The highest BCUT2D eigenvalue weighted by atomic mass is 35.5. The van der Waals surface area contributed by atoms with Crippen molar-refractivity contribution in [2.45, 2.75) is 24.2 Å². The molecule has 0 aliphatic carbocycles. The number of nitrogens with one attached hydrogen (secondary N) is 1. The number of rotatable bonds is 8. The SMILES string of the molecule is O=C(O)Cc1ccc(CCCNS(=O)(=O)c2ccccc2Cl)cc1. The van der Waals surface area contributed by atoms with E-state index in [9.17, 15) is 13.2 Å². The third-order valence-corrected chi connectivity index (χ3v) is 5.40. The Morgan fingerprint density at radius 1 is 1.04 bits per heavy atom. The molecule has 0 fully saturated rings. The van der Waals surface area contributed by atoms with Gasteiger partial charge in [0, 0.05) is 6.54 Å². The third-order valence-electron chi connectivity index (χ3n) is 3.44. The van der Waals surface area contributed by atoms with Gasteiger partial charge < -0.3 is 5.11 Å². The maximum Gasteiger partial charge on any atom is 0.307 e. The fourth-order valence-electron chi connectivity index (χ4n) is 2.24. The van der Waals surface area contributed by atoms with Crippen molar-refractivity contribution >= 4 is 27.6 Å². The van der Waals surface area contributed by atoms with E-state index in [0.29, 0.717) is 19.4 Å². The summed E-state index contributed by atoms with van der Waals surface area (Å²) in [4.78, 5) is 10.7. The van der Waals surface area contributed by atoms with Gasteiger partial charge in [0.05, 0.1) is 11.4 Å². The van der Waals surface area contributed by atoms with Crippen molar-refractivity contribution in [2.24, 2.45) is 0 Å². The van der Waals surface area contributed by atoms with Gasteiger partial charge in [-0.05, 0) is 36.1 Å². The maximum absolute atomic E-state index is 12.2. The van der Waals surface area contributed by atoms with E-state index < -0.39 is 16.0 Å². The monoisotopic (exact) mass is 367 g/mol. The van der Waals surface area contributed by atoms with E-state index in [1.54, 1.807) is 24.3 Å². The lowest BCUT2D eigenvalue weighted by atomic mass is 10.1. The molecule has 128 valence electrons. The molecular formula is C17H18ClNO4S. The van der Waals surface area contributed by atoms with E-state index in [1.807, 2.05) is 12.1 Å². The number of halogens is 1. The summed E-state index contributed by atoms with van der Waals surface area (Å²) in [6.07, 6.45) is 1.32. The lowest BCUT2D eigenvalue weighted by Gasteiger charge is -2.08. The quantitative estimate of drug-likeness (QED) is 0.703. The average molecular weight is 368 g/mol. The largest absolute Gasteiger partial charge is 0.481 e. The van der Waals surface area contributed by atoms with E-state index in [0.717, 1.165) is 11.1 Å². The minimum atomic E-state index is -3.61. The zero-order valence-corrected chi connectivity index (χ0v) is 14.5. The van der Waals surface area contributed by atoms with Gasteiger partial charge in [-0.15, -0.1) is 0 Å². The van der Waals surface area contributed by atoms with Crippen LogP contribution in [0.4, 0.5) is 0 Å². The van der Waals surface area contributed by atoms with Crippen LogP contribution in [0.15, 0.2) is 53.4 Å². The Hall–Kier alpha value is -1.89. The van der Waals surface area contributed by atoms with Crippen molar-refractivity contribution in [3.8, 4) is 0 Å². The normalized spacial score (nSPS) is 11.4. The number of hydrogen-bond donors (Lipinski definition) is 2. The second-order valence-electron chi connectivity index (χ2n) is 5.32. The Balaban J connectivity index is 1.84. The number of benzene rings is 2. The molecule has 0 radical (unpaired) electrons. The summed E-state index contributed by atoms with van der Waals surface area (Å²) in [5, 5.41) is 8.92. The Bertz CT molecular complexity index is 804. The first-order chi connectivity index (χ1) is 11.4. The molecule has 0 bridgehead atoms. The van der Waals surface area contributed by atoms with Gasteiger partial charge >= 0.3 is 5.97 Å². The van der Waals surface area contributed by atoms with Crippen molar-refractivity contribution in [1.82, 2.24) is 4.72 Å². The molecule has 2 aromatic carbocycles. The van der Waals surface area contributed by atoms with Crippen molar-refractivity contribution < 1.29 is 18.3 Å². The predicted octanol–water partition coefficient (Wildman–Crippen LogP) is 2.88. The zero-order valence-electron chi connectivity index (χ0n) is 12.9. The number of hydrogen-bond acceptors (Lipinski definition) is 3. The second-order valence-corrected chi connectivity index (χ2v) is 7.46. The van der Waals surface area contributed by atoms with Crippen LogP contribution in [0.5, 0.6) is 0 Å². The molecule has 5 nitrogen and oxygen atoms in total. The van der Waals surface area contributed by atoms with Crippen LogP contribution in [0.3, 0.4) is 0 Å². The van der Waals surface area contributed by atoms with Gasteiger partial charge in [-0.3, -0.25) is 4.79 Å². The maximum atomic E-state index is 12.2. The second kappa shape index (κ2) is 8.28. The van der Waals surface area contributed by atoms with Gasteiger partial charge in [0.25, 0.3) is 0 Å². The van der Waals surface area contributed by atoms with Crippen LogP contribution in [0.2, 0.25) is 5.02 Å². The smallest absolute Gasteiger partial charge is 0.307 e. The first-order valence-electron chi connectivity index (χ1n) is 7.42. The number of carboxylic acid groups (broad SMARTS) is 1. The molecule has 2 N–H and O–H groups in total. The predicted molar refractivity (Wildman–Crippen MR) is 92.7 cm³/mol. The van der Waals surface area contributed by atoms with Crippen LogP contribution in [0, 0.1) is 0 Å². The lowest BCUT2D eigenvalue weighted by molar-refractivity contribution is -0.136. The summed E-state index contributed by atoms with van der Waals surface area (Å²) >= 11 is 5.91. The summed E-state index contributed by atoms with van der Waals surface area (Å²) in [5.74, 6) is -0.864. The van der Waals surface area contributed by atoms with Crippen LogP contribution in [0.25, 0.3) is 0 Å². The first-order valence-corrected chi connectivity index (χ1v) is 9.28. The van der Waals surface area contributed by atoms with Crippen LogP contribution < -0.4 is 4.72 Å². The molecule has 0 heterocycles. The molecule has 2 rings (SSSR count). The highest BCUT2D eigenvalue weighted by Gasteiger charge is 2.16. The Morgan fingerprint density at radius 2 is 1.67 bits per heavy atom. The number of carboxylic acids is 1. The lowest BCUT2D eigenvalue weighted by Crippen LogP contribution is -2.25. The summed E-state index contributed by atoms with van der Waals surface area (Å²) < 4.78 is 26.9. The van der Waals surface area contributed by atoms with Crippen molar-refractivity contribution in [2.75, 3.05) is 6.54 Å². The van der Waals surface area contributed by atoms with Crippen LogP contribution in [-0.4, -0.2) is 26.0 Å². The van der Waals surface area contributed by atoms with Crippen LogP contribution >= 0.6 is 11.6 Å². The van der Waals surface area contributed by atoms with Crippen LogP contribution in [0.1, 0.15) is 17.5 Å². The molecule has 0 saturated carbocycles. The van der Waals surface area contributed by atoms with Crippen molar-refractivity contribution in [3.63, 3.8) is 0 Å². The molecule has 0 aromatic heterocycles. The van der Waals surface area contributed by atoms with E-state index in [1.165, 1.54) is 12.1 Å². The molecule has 7 heteroatoms. The molecule has 0 atom stereocenters. The molecule has 0 aliphatic heterocycles. The van der Waals surface area contributed by atoms with Gasteiger partial charge in [0.1, 0.15) is 4.90 Å². The van der Waals surface area contributed by atoms with Gasteiger partial charge in [-0.1, -0.05) is 48.0 Å². The summed E-state index contributed by atoms with van der Waals surface area (Å²) in [6.45, 7) is 0.296. The van der Waals surface area contributed by atoms with Crippen molar-refractivity contribution in [1.29, 1.82) is 0 Å². The summed E-state index contributed by atoms with van der Waals surface area (Å²) in [7, 11) is -3.61. The molecule has 0 saturated heterocycles. The fourth-order valence-corrected chi connectivity index (χ4v) is 3.83. The fraction of sp³-hybridized carbons (Fsp3) is 0.235. The average Bonchev–Trinajstić information content (AvgIpc) is 2.53. The van der Waals surface area contributed by atoms with Crippen molar-refractivity contribution in [3.05, 3.63) is 64.7 Å². The molecular weight excluding hydrogens is 350 g/mol. The first kappa shape index (κ1) is 18.4. The Labute approximate surface area is 146 Å². The van der Waals surface area contributed by atoms with Gasteiger partial charge in [-0.25, -0.2) is 13.1 Å². The summed E-state index contributed by atoms with van der Waals surface area (Å²) in [6, 6.07) is 13.6. The molecule has 0 amide bonds. The number of sulfonamides is 1. The van der Waals surface area contributed by atoms with Gasteiger partial charge in [-0.2, -0.15) is 0 Å². The number of aryl methyl sites for hydroxylation is 1. The molecule has 0 aliphatic rings. The molecule has 0 spiro atoms. The zero-order chi connectivity index (χ0) is 17.6.